The molecule has 1 atom stereocenters. The molecule has 0 bridgehead atoms. The number of nitrogens with one attached hydrogen (secondary N) is 1. The SMILES string of the molecule is COc1ccccc1C(=O)Nc1ccc(OCC(O)COCc2ccccc2F)cc1. The van der Waals surface area contributed by atoms with Crippen LogP contribution < -0.4 is 14.8 Å². The maximum atomic E-state index is 13.5. The summed E-state index contributed by atoms with van der Waals surface area (Å²) in [4.78, 5) is 12.4. The van der Waals surface area contributed by atoms with Crippen LogP contribution in [0.2, 0.25) is 0 Å². The molecule has 0 heterocycles. The summed E-state index contributed by atoms with van der Waals surface area (Å²) in [5, 5.41) is 12.8. The molecule has 0 aromatic heterocycles. The first-order valence-corrected chi connectivity index (χ1v) is 9.73. The van der Waals surface area contributed by atoms with Gasteiger partial charge in [0.15, 0.2) is 0 Å². The number of anilines is 1. The Morgan fingerprint density at radius 3 is 2.45 bits per heavy atom. The van der Waals surface area contributed by atoms with Crippen molar-refractivity contribution in [1.29, 1.82) is 0 Å². The van der Waals surface area contributed by atoms with Gasteiger partial charge in [-0.2, -0.15) is 0 Å². The molecule has 0 fully saturated rings. The van der Waals surface area contributed by atoms with Gasteiger partial charge in [0.25, 0.3) is 5.91 Å². The van der Waals surface area contributed by atoms with Gasteiger partial charge in [-0.25, -0.2) is 4.39 Å². The van der Waals surface area contributed by atoms with Gasteiger partial charge in [-0.15, -0.1) is 0 Å². The second-order valence-electron chi connectivity index (χ2n) is 6.75. The number of carbonyl (C=O) groups is 1. The highest BCUT2D eigenvalue weighted by Gasteiger charge is 2.12. The summed E-state index contributed by atoms with van der Waals surface area (Å²) in [5.74, 6) is 0.397. The molecule has 0 saturated heterocycles. The number of carbonyl (C=O) groups excluding carboxylic acids is 1. The Hall–Kier alpha value is -3.42. The lowest BCUT2D eigenvalue weighted by atomic mass is 10.2. The summed E-state index contributed by atoms with van der Waals surface area (Å²) >= 11 is 0. The van der Waals surface area contributed by atoms with Gasteiger partial charge in [0.2, 0.25) is 0 Å². The Kier molecular flexibility index (Phi) is 7.98. The minimum Gasteiger partial charge on any atom is -0.496 e. The number of benzene rings is 3. The predicted octanol–water partition coefficient (Wildman–Crippen LogP) is 4.04. The standard InChI is InChI=1S/C24H24FNO5/c1-29-23-9-5-3-7-21(23)24(28)26-18-10-12-20(13-11-18)31-16-19(27)15-30-14-17-6-2-4-8-22(17)25/h2-13,19,27H,14-16H2,1H3,(H,26,28). The molecule has 0 spiro atoms. The van der Waals surface area contributed by atoms with Crippen molar-refractivity contribution in [2.24, 2.45) is 0 Å². The van der Waals surface area contributed by atoms with Crippen molar-refractivity contribution in [2.75, 3.05) is 25.6 Å². The van der Waals surface area contributed by atoms with Crippen molar-refractivity contribution in [3.63, 3.8) is 0 Å². The van der Waals surface area contributed by atoms with Crippen LogP contribution in [0, 0.1) is 5.82 Å². The van der Waals surface area contributed by atoms with Crippen molar-refractivity contribution in [2.45, 2.75) is 12.7 Å². The van der Waals surface area contributed by atoms with E-state index in [1.807, 2.05) is 0 Å². The van der Waals surface area contributed by atoms with E-state index in [1.54, 1.807) is 66.7 Å². The molecule has 0 aliphatic rings. The van der Waals surface area contributed by atoms with Crippen LogP contribution in [-0.2, 0) is 11.3 Å². The largest absolute Gasteiger partial charge is 0.496 e. The highest BCUT2D eigenvalue weighted by atomic mass is 19.1. The first-order chi connectivity index (χ1) is 15.1. The van der Waals surface area contributed by atoms with E-state index in [4.69, 9.17) is 14.2 Å². The zero-order valence-corrected chi connectivity index (χ0v) is 17.1. The summed E-state index contributed by atoms with van der Waals surface area (Å²) in [6.07, 6.45) is -0.864. The van der Waals surface area contributed by atoms with Gasteiger partial charge in [-0.3, -0.25) is 4.79 Å². The molecule has 2 N–H and O–H groups in total. The van der Waals surface area contributed by atoms with Crippen molar-refractivity contribution in [3.8, 4) is 11.5 Å². The van der Waals surface area contributed by atoms with Crippen LogP contribution in [0.4, 0.5) is 10.1 Å². The summed E-state index contributed by atoms with van der Waals surface area (Å²) in [6.45, 7) is 0.107. The van der Waals surface area contributed by atoms with Gasteiger partial charge in [-0.05, 0) is 42.5 Å². The van der Waals surface area contributed by atoms with Crippen LogP contribution >= 0.6 is 0 Å². The molecule has 0 aliphatic carbocycles. The third-order valence-electron chi connectivity index (χ3n) is 4.43. The maximum absolute atomic E-state index is 13.5. The zero-order valence-electron chi connectivity index (χ0n) is 17.1. The lowest BCUT2D eigenvalue weighted by Gasteiger charge is -2.14. The Morgan fingerprint density at radius 1 is 1.00 bits per heavy atom. The van der Waals surface area contributed by atoms with Gasteiger partial charge >= 0.3 is 0 Å². The van der Waals surface area contributed by atoms with Gasteiger partial charge in [0, 0.05) is 11.3 Å². The van der Waals surface area contributed by atoms with E-state index in [0.717, 1.165) is 0 Å². The fourth-order valence-corrected chi connectivity index (χ4v) is 2.83. The van der Waals surface area contributed by atoms with Crippen LogP contribution in [0.5, 0.6) is 11.5 Å². The molecule has 3 aromatic carbocycles. The van der Waals surface area contributed by atoms with Crippen molar-refractivity contribution in [3.05, 3.63) is 89.7 Å². The van der Waals surface area contributed by atoms with E-state index >= 15 is 0 Å². The number of amides is 1. The summed E-state index contributed by atoms with van der Waals surface area (Å²) in [7, 11) is 1.51. The quantitative estimate of drug-likeness (QED) is 0.513. The molecule has 0 radical (unpaired) electrons. The van der Waals surface area contributed by atoms with Gasteiger partial charge < -0.3 is 24.6 Å². The zero-order chi connectivity index (χ0) is 22.1. The molecular weight excluding hydrogens is 401 g/mol. The van der Waals surface area contributed by atoms with E-state index in [1.165, 1.54) is 13.2 Å². The van der Waals surface area contributed by atoms with Crippen LogP contribution in [-0.4, -0.2) is 37.4 Å². The first kappa shape index (κ1) is 22.3. The lowest BCUT2D eigenvalue weighted by Crippen LogP contribution is -2.23. The van der Waals surface area contributed by atoms with Crippen LogP contribution in [0.25, 0.3) is 0 Å². The summed E-state index contributed by atoms with van der Waals surface area (Å²) in [6, 6.07) is 20.1. The van der Waals surface area contributed by atoms with Gasteiger partial charge in [0.1, 0.15) is 30.0 Å². The highest BCUT2D eigenvalue weighted by molar-refractivity contribution is 6.06. The number of aliphatic hydroxyl groups excluding tert-OH is 1. The molecule has 1 unspecified atom stereocenters. The second kappa shape index (κ2) is 11.1. The van der Waals surface area contributed by atoms with E-state index in [9.17, 15) is 14.3 Å². The minimum atomic E-state index is -0.864. The fourth-order valence-electron chi connectivity index (χ4n) is 2.83. The molecule has 6 nitrogen and oxygen atoms in total. The minimum absolute atomic E-state index is 0.0153. The Labute approximate surface area is 180 Å². The smallest absolute Gasteiger partial charge is 0.259 e. The van der Waals surface area contributed by atoms with Gasteiger partial charge in [0.05, 0.1) is 25.9 Å². The Bertz CT molecular complexity index is 993. The van der Waals surface area contributed by atoms with E-state index in [2.05, 4.69) is 5.32 Å². The van der Waals surface area contributed by atoms with Crippen LogP contribution in [0.3, 0.4) is 0 Å². The average molecular weight is 425 g/mol. The average Bonchev–Trinajstić information content (AvgIpc) is 2.80. The second-order valence-corrected chi connectivity index (χ2v) is 6.75. The Balaban J connectivity index is 1.43. The number of hydrogen-bond donors (Lipinski definition) is 2. The maximum Gasteiger partial charge on any atom is 0.259 e. The van der Waals surface area contributed by atoms with Crippen LogP contribution in [0.1, 0.15) is 15.9 Å². The first-order valence-electron chi connectivity index (χ1n) is 9.73. The third kappa shape index (κ3) is 6.53. The summed E-state index contributed by atoms with van der Waals surface area (Å²) in [5.41, 5.74) is 1.46. The molecule has 0 aliphatic heterocycles. The molecule has 0 saturated carbocycles. The number of hydrogen-bond acceptors (Lipinski definition) is 5. The molecule has 3 aromatic rings. The monoisotopic (exact) mass is 425 g/mol. The molecule has 1 amide bonds. The topological polar surface area (TPSA) is 77.0 Å². The third-order valence-corrected chi connectivity index (χ3v) is 4.43. The van der Waals surface area contributed by atoms with E-state index in [-0.39, 0.29) is 31.5 Å². The molecule has 3 rings (SSSR count). The number of para-hydroxylation sites is 1. The molecule has 7 heteroatoms. The molecular formula is C24H24FNO5. The number of ether oxygens (including phenoxy) is 3. The number of rotatable bonds is 10. The van der Waals surface area contributed by atoms with Crippen LogP contribution in [0.15, 0.2) is 72.8 Å². The number of halogens is 1. The normalized spacial score (nSPS) is 11.6. The van der Waals surface area contributed by atoms with Crippen molar-refractivity contribution >= 4 is 11.6 Å². The fraction of sp³-hybridized carbons (Fsp3) is 0.208. The lowest BCUT2D eigenvalue weighted by molar-refractivity contribution is 0.00477. The highest BCUT2D eigenvalue weighted by Crippen LogP contribution is 2.21. The van der Waals surface area contributed by atoms with E-state index < -0.39 is 6.10 Å². The van der Waals surface area contributed by atoms with Gasteiger partial charge in [-0.1, -0.05) is 30.3 Å². The molecule has 162 valence electrons. The van der Waals surface area contributed by atoms with E-state index in [0.29, 0.717) is 28.3 Å². The summed E-state index contributed by atoms with van der Waals surface area (Å²) < 4.78 is 29.6. The Morgan fingerprint density at radius 2 is 1.71 bits per heavy atom. The molecule has 31 heavy (non-hydrogen) atoms. The number of methoxy groups -OCH3 is 1. The predicted molar refractivity (Wildman–Crippen MR) is 115 cm³/mol. The van der Waals surface area contributed by atoms with Crippen molar-refractivity contribution in [1.82, 2.24) is 0 Å². The van der Waals surface area contributed by atoms with Crippen molar-refractivity contribution < 1.29 is 28.5 Å². The number of aliphatic hydroxyl groups is 1.